The van der Waals surface area contributed by atoms with Crippen LogP contribution in [0, 0.1) is 0 Å². The van der Waals surface area contributed by atoms with Crippen molar-refractivity contribution in [1.82, 2.24) is 4.90 Å². The third-order valence-corrected chi connectivity index (χ3v) is 9.53. The van der Waals surface area contributed by atoms with Crippen LogP contribution in [-0.2, 0) is 30.2 Å². The van der Waals surface area contributed by atoms with E-state index in [2.05, 4.69) is 0 Å². The van der Waals surface area contributed by atoms with E-state index in [4.69, 9.17) is 23.7 Å². The van der Waals surface area contributed by atoms with Gasteiger partial charge in [0.1, 0.15) is 29.5 Å². The van der Waals surface area contributed by atoms with E-state index in [0.717, 1.165) is 0 Å². The van der Waals surface area contributed by atoms with Crippen LogP contribution in [0.3, 0.4) is 0 Å². The summed E-state index contributed by atoms with van der Waals surface area (Å²) in [5, 5.41) is 55.5. The van der Waals surface area contributed by atoms with Gasteiger partial charge in [0.15, 0.2) is 24.1 Å². The van der Waals surface area contributed by atoms with Gasteiger partial charge in [0, 0.05) is 62.2 Å². The number of Topliss-reactive ketones (excluding diaryl/α,β-unsaturated/α-hetero) is 1. The molecule has 7 atom stereocenters. The van der Waals surface area contributed by atoms with Crippen molar-refractivity contribution < 1.29 is 63.6 Å². The van der Waals surface area contributed by atoms with Gasteiger partial charge >= 0.3 is 0 Å². The molecule has 2 aliphatic carbocycles. The molecular formula is C32H38ClNO13. The summed E-state index contributed by atoms with van der Waals surface area (Å²) in [5.74, 6) is -3.75. The first-order valence-electron chi connectivity index (χ1n) is 15.0. The van der Waals surface area contributed by atoms with Gasteiger partial charge in [-0.15, -0.1) is 12.4 Å². The molecule has 2 heterocycles. The molecule has 14 nitrogen and oxygen atoms in total. The first-order valence-corrected chi connectivity index (χ1v) is 15.0. The minimum absolute atomic E-state index is 0. The molecule has 0 aromatic heterocycles. The van der Waals surface area contributed by atoms with Crippen molar-refractivity contribution in [2.24, 2.45) is 0 Å². The molecule has 6 rings (SSSR count). The molecule has 256 valence electrons. The highest BCUT2D eigenvalue weighted by Gasteiger charge is 2.50. The fourth-order valence-electron chi connectivity index (χ4n) is 7.14. The summed E-state index contributed by atoms with van der Waals surface area (Å²) in [4.78, 5) is 42.4. The molecule has 15 heteroatoms. The summed E-state index contributed by atoms with van der Waals surface area (Å²) in [7, 11) is 2.85. The van der Waals surface area contributed by atoms with Gasteiger partial charge in [-0.2, -0.15) is 0 Å². The summed E-state index contributed by atoms with van der Waals surface area (Å²) in [5.41, 5.74) is -3.62. The van der Waals surface area contributed by atoms with Crippen molar-refractivity contribution in [3.8, 4) is 17.2 Å². The lowest BCUT2D eigenvalue weighted by atomic mass is 9.72. The number of morpholine rings is 1. The molecule has 2 aliphatic heterocycles. The Morgan fingerprint density at radius 1 is 1.09 bits per heavy atom. The molecule has 2 aromatic rings. The second-order valence-electron chi connectivity index (χ2n) is 12.1. The van der Waals surface area contributed by atoms with Crippen molar-refractivity contribution in [2.45, 2.75) is 68.7 Å². The Hall–Kier alpha value is -3.18. The van der Waals surface area contributed by atoms with E-state index >= 15 is 0 Å². The van der Waals surface area contributed by atoms with Crippen molar-refractivity contribution in [2.75, 3.05) is 40.5 Å². The quantitative estimate of drug-likeness (QED) is 0.219. The molecule has 0 radical (unpaired) electrons. The van der Waals surface area contributed by atoms with Gasteiger partial charge in [-0.3, -0.25) is 19.3 Å². The molecule has 0 spiro atoms. The number of rotatable bonds is 7. The number of aliphatic hydroxyl groups is 3. The molecule has 2 aromatic carbocycles. The molecule has 5 N–H and O–H groups in total. The number of phenols is 2. The normalized spacial score (nSPS) is 30.5. The first-order chi connectivity index (χ1) is 21.9. The number of carbonyl (C=O) groups is 3. The highest BCUT2D eigenvalue weighted by molar-refractivity contribution is 6.31. The molecule has 47 heavy (non-hydrogen) atoms. The number of aromatic hydroxyl groups is 2. The SMILES string of the molecule is COc1cccc2c1C(=O)c1c(O)c3c(c(O)c1C2=O)C[C@@](O)(C(=O)CO)C[C@@H]3OC1C[C@H](N2CCO[C@H](OC)C2)[C@H](O)[C@H](C)O1.Cl. The molecule has 2 fully saturated rings. The summed E-state index contributed by atoms with van der Waals surface area (Å²) in [6.07, 6.45) is -5.46. The Labute approximate surface area is 276 Å². The Bertz CT molecular complexity index is 1580. The summed E-state index contributed by atoms with van der Waals surface area (Å²) in [6.45, 7) is 1.88. The van der Waals surface area contributed by atoms with Gasteiger partial charge in [0.05, 0.1) is 48.7 Å². The maximum absolute atomic E-state index is 13.9. The van der Waals surface area contributed by atoms with Crippen LogP contribution in [0.2, 0.25) is 0 Å². The Morgan fingerprint density at radius 3 is 2.49 bits per heavy atom. The minimum atomic E-state index is -2.26. The van der Waals surface area contributed by atoms with Gasteiger partial charge in [0.25, 0.3) is 0 Å². The number of benzene rings is 2. The number of aliphatic hydroxyl groups excluding tert-OH is 2. The third-order valence-electron chi connectivity index (χ3n) is 9.53. The summed E-state index contributed by atoms with van der Waals surface area (Å²) >= 11 is 0. The lowest BCUT2D eigenvalue weighted by Gasteiger charge is -2.47. The zero-order chi connectivity index (χ0) is 33.1. The van der Waals surface area contributed by atoms with Crippen LogP contribution in [0.4, 0.5) is 0 Å². The van der Waals surface area contributed by atoms with Gasteiger partial charge in [0.2, 0.25) is 5.78 Å². The fourth-order valence-corrected chi connectivity index (χ4v) is 7.14. The molecule has 2 saturated heterocycles. The van der Waals surface area contributed by atoms with Crippen LogP contribution in [-0.4, -0.2) is 125 Å². The van der Waals surface area contributed by atoms with E-state index < -0.39 is 102 Å². The highest BCUT2D eigenvalue weighted by atomic mass is 35.5. The zero-order valence-corrected chi connectivity index (χ0v) is 26.8. The van der Waals surface area contributed by atoms with Crippen LogP contribution in [0.5, 0.6) is 17.2 Å². The molecular weight excluding hydrogens is 642 g/mol. The molecule has 0 bridgehead atoms. The van der Waals surface area contributed by atoms with Crippen molar-refractivity contribution in [1.29, 1.82) is 0 Å². The fraction of sp³-hybridized carbons (Fsp3) is 0.531. The van der Waals surface area contributed by atoms with Gasteiger partial charge < -0.3 is 49.2 Å². The molecule has 1 unspecified atom stereocenters. The Balaban J connectivity index is 0.00000433. The van der Waals surface area contributed by atoms with Crippen LogP contribution in [0.15, 0.2) is 18.2 Å². The van der Waals surface area contributed by atoms with E-state index in [1.54, 1.807) is 6.92 Å². The second-order valence-corrected chi connectivity index (χ2v) is 12.1. The van der Waals surface area contributed by atoms with E-state index in [1.165, 1.54) is 32.4 Å². The highest BCUT2D eigenvalue weighted by Crippen LogP contribution is 2.52. The van der Waals surface area contributed by atoms with Crippen LogP contribution in [0.25, 0.3) is 0 Å². The lowest BCUT2D eigenvalue weighted by Crippen LogP contribution is -2.59. The number of ketones is 3. The standard InChI is InChI=1S/C32H37NO13.ClH/c1-14-27(36)17(33-7-8-44-22(12-33)43-3)9-21(45-14)46-19-11-32(41,20(35)13-34)10-16-24(19)31(40)26-25(29(16)38)28(37)15-5-4-6-18(42-2)23(15)30(26)39;/h4-6,14,17,19,21-22,27,34,36,38,40-41H,7-13H2,1-3H3;1H/t14-,17-,19-,21?,22-,27+,32-;/m0./s1. The predicted octanol–water partition coefficient (Wildman–Crippen LogP) is 0.769. The Kier molecular flexibility index (Phi) is 10.0. The maximum Gasteiger partial charge on any atom is 0.202 e. The average Bonchev–Trinajstić information content (AvgIpc) is 3.05. The number of ether oxygens (including phenoxy) is 5. The number of hydrogen-bond acceptors (Lipinski definition) is 14. The van der Waals surface area contributed by atoms with E-state index in [9.17, 15) is 39.9 Å². The molecule has 0 amide bonds. The topological polar surface area (TPSA) is 202 Å². The lowest BCUT2D eigenvalue weighted by molar-refractivity contribution is -0.266. The van der Waals surface area contributed by atoms with E-state index in [0.29, 0.717) is 19.7 Å². The number of halogens is 1. The third kappa shape index (κ3) is 5.81. The second kappa shape index (κ2) is 13.4. The van der Waals surface area contributed by atoms with Gasteiger partial charge in [-0.25, -0.2) is 0 Å². The van der Waals surface area contributed by atoms with Crippen LogP contribution < -0.4 is 4.74 Å². The number of methoxy groups -OCH3 is 2. The van der Waals surface area contributed by atoms with Crippen LogP contribution >= 0.6 is 12.4 Å². The Morgan fingerprint density at radius 2 is 1.81 bits per heavy atom. The zero-order valence-electron chi connectivity index (χ0n) is 26.0. The average molecular weight is 680 g/mol. The summed E-state index contributed by atoms with van der Waals surface area (Å²) < 4.78 is 28.6. The van der Waals surface area contributed by atoms with Gasteiger partial charge in [-0.1, -0.05) is 12.1 Å². The number of hydrogen-bond donors (Lipinski definition) is 5. The van der Waals surface area contributed by atoms with Gasteiger partial charge in [-0.05, 0) is 13.0 Å². The van der Waals surface area contributed by atoms with Crippen molar-refractivity contribution in [3.63, 3.8) is 0 Å². The van der Waals surface area contributed by atoms with Crippen LogP contribution in [0.1, 0.15) is 68.8 Å². The molecule has 4 aliphatic rings. The monoisotopic (exact) mass is 679 g/mol. The number of phenolic OH excluding ortho intramolecular Hbond substituents is 2. The predicted molar refractivity (Wildman–Crippen MR) is 163 cm³/mol. The largest absolute Gasteiger partial charge is 0.507 e. The smallest absolute Gasteiger partial charge is 0.202 e. The first kappa shape index (κ1) is 35.1. The maximum atomic E-state index is 13.9. The summed E-state index contributed by atoms with van der Waals surface area (Å²) in [6, 6.07) is 3.93. The number of nitrogens with zero attached hydrogens (tertiary/aromatic N) is 1. The molecule has 0 saturated carbocycles. The number of carbonyl (C=O) groups excluding carboxylic acids is 3. The van der Waals surface area contributed by atoms with Crippen molar-refractivity contribution >= 4 is 29.8 Å². The minimum Gasteiger partial charge on any atom is -0.507 e. The van der Waals surface area contributed by atoms with E-state index in [-0.39, 0.29) is 46.8 Å². The van der Waals surface area contributed by atoms with E-state index in [1.807, 2.05) is 4.90 Å². The van der Waals surface area contributed by atoms with Crippen molar-refractivity contribution in [3.05, 3.63) is 51.6 Å². The number of fused-ring (bicyclic) bond motifs is 3.